The van der Waals surface area contributed by atoms with E-state index in [0.29, 0.717) is 12.2 Å². The Bertz CT molecular complexity index is 1020. The summed E-state index contributed by atoms with van der Waals surface area (Å²) in [7, 11) is 3.52. The third-order valence-corrected chi connectivity index (χ3v) is 5.76. The molecule has 164 valence electrons. The van der Waals surface area contributed by atoms with Gasteiger partial charge in [-0.2, -0.15) is 0 Å². The van der Waals surface area contributed by atoms with E-state index in [1.807, 2.05) is 24.3 Å². The predicted octanol–water partition coefficient (Wildman–Crippen LogP) is 4.26. The standard InChI is InChI=1S/C25H32N4O2/c1-28(2)25(30)20-11-12-22-23(17-20)27-24(26-22)10-7-15-31-21-9-6-8-19(16-21)18-29-13-4-3-5-14-29/h6,8-9,11-12,16-17H,3-5,7,10,13-15,18H2,1-2H3,(H,26,27). The van der Waals surface area contributed by atoms with Crippen molar-refractivity contribution in [3.05, 3.63) is 59.4 Å². The summed E-state index contributed by atoms with van der Waals surface area (Å²) in [5, 5.41) is 0. The highest BCUT2D eigenvalue weighted by atomic mass is 16.5. The van der Waals surface area contributed by atoms with Crippen LogP contribution in [0.3, 0.4) is 0 Å². The normalized spacial score (nSPS) is 14.6. The van der Waals surface area contributed by atoms with E-state index in [-0.39, 0.29) is 5.91 Å². The Balaban J connectivity index is 1.28. The van der Waals surface area contributed by atoms with Gasteiger partial charge in [-0.15, -0.1) is 0 Å². The van der Waals surface area contributed by atoms with Gasteiger partial charge in [-0.05, 0) is 68.2 Å². The molecule has 1 saturated heterocycles. The zero-order valence-electron chi connectivity index (χ0n) is 18.6. The number of imidazole rings is 1. The van der Waals surface area contributed by atoms with Crippen molar-refractivity contribution in [1.82, 2.24) is 19.8 Å². The summed E-state index contributed by atoms with van der Waals surface area (Å²) in [5.41, 5.74) is 3.77. The molecule has 1 aromatic heterocycles. The summed E-state index contributed by atoms with van der Waals surface area (Å²) in [6.45, 7) is 4.06. The molecule has 1 amide bonds. The van der Waals surface area contributed by atoms with E-state index >= 15 is 0 Å². The molecule has 3 aromatic rings. The first-order chi connectivity index (χ1) is 15.1. The van der Waals surface area contributed by atoms with E-state index in [9.17, 15) is 4.79 Å². The van der Waals surface area contributed by atoms with Crippen molar-refractivity contribution in [1.29, 1.82) is 0 Å². The van der Waals surface area contributed by atoms with Crippen LogP contribution < -0.4 is 4.74 Å². The minimum Gasteiger partial charge on any atom is -0.494 e. The maximum absolute atomic E-state index is 12.1. The van der Waals surface area contributed by atoms with Crippen LogP contribution in [0, 0.1) is 0 Å². The number of H-pyrrole nitrogens is 1. The van der Waals surface area contributed by atoms with Crippen molar-refractivity contribution >= 4 is 16.9 Å². The van der Waals surface area contributed by atoms with Gasteiger partial charge in [0.25, 0.3) is 5.91 Å². The quantitative estimate of drug-likeness (QED) is 0.553. The van der Waals surface area contributed by atoms with Crippen LogP contribution >= 0.6 is 0 Å². The molecule has 6 heteroatoms. The number of hydrogen-bond acceptors (Lipinski definition) is 4. The van der Waals surface area contributed by atoms with Crippen molar-refractivity contribution in [2.45, 2.75) is 38.6 Å². The highest BCUT2D eigenvalue weighted by Crippen LogP contribution is 2.19. The van der Waals surface area contributed by atoms with Crippen LogP contribution in [0.1, 0.15) is 47.4 Å². The lowest BCUT2D eigenvalue weighted by atomic mass is 10.1. The van der Waals surface area contributed by atoms with E-state index in [1.165, 1.54) is 37.9 Å². The lowest BCUT2D eigenvalue weighted by Crippen LogP contribution is -2.29. The largest absolute Gasteiger partial charge is 0.494 e. The molecule has 0 unspecified atom stereocenters. The summed E-state index contributed by atoms with van der Waals surface area (Å²) >= 11 is 0. The van der Waals surface area contributed by atoms with E-state index in [0.717, 1.165) is 42.0 Å². The average Bonchev–Trinajstić information content (AvgIpc) is 3.19. The predicted molar refractivity (Wildman–Crippen MR) is 123 cm³/mol. The number of hydrogen-bond donors (Lipinski definition) is 1. The molecule has 0 radical (unpaired) electrons. The number of piperidine rings is 1. The third-order valence-electron chi connectivity index (χ3n) is 5.76. The monoisotopic (exact) mass is 420 g/mol. The van der Waals surface area contributed by atoms with Crippen LogP contribution in [0.25, 0.3) is 11.0 Å². The topological polar surface area (TPSA) is 61.5 Å². The van der Waals surface area contributed by atoms with E-state index < -0.39 is 0 Å². The molecule has 2 aromatic carbocycles. The van der Waals surface area contributed by atoms with Crippen LogP contribution in [0.5, 0.6) is 5.75 Å². The third kappa shape index (κ3) is 5.64. The first kappa shape index (κ1) is 21.4. The maximum atomic E-state index is 12.1. The number of aromatic amines is 1. The number of nitrogens with zero attached hydrogens (tertiary/aromatic N) is 3. The van der Waals surface area contributed by atoms with Crippen molar-refractivity contribution in [3.8, 4) is 5.75 Å². The van der Waals surface area contributed by atoms with Gasteiger partial charge in [-0.25, -0.2) is 4.98 Å². The molecule has 0 bridgehead atoms. The molecule has 0 saturated carbocycles. The fourth-order valence-electron chi connectivity index (χ4n) is 4.11. The van der Waals surface area contributed by atoms with Gasteiger partial charge in [-0.1, -0.05) is 18.6 Å². The molecule has 1 N–H and O–H groups in total. The van der Waals surface area contributed by atoms with E-state index in [4.69, 9.17) is 4.74 Å². The molecule has 0 aliphatic carbocycles. The van der Waals surface area contributed by atoms with Gasteiger partial charge in [0.2, 0.25) is 0 Å². The molecular formula is C25H32N4O2. The lowest BCUT2D eigenvalue weighted by molar-refractivity contribution is 0.0827. The van der Waals surface area contributed by atoms with Crippen molar-refractivity contribution in [2.75, 3.05) is 33.8 Å². The lowest BCUT2D eigenvalue weighted by Gasteiger charge is -2.26. The Labute approximate surface area is 184 Å². The van der Waals surface area contributed by atoms with Crippen LogP contribution in [-0.4, -0.2) is 59.5 Å². The number of carbonyl (C=O) groups is 1. The molecular weight excluding hydrogens is 388 g/mol. The fraction of sp³-hybridized carbons (Fsp3) is 0.440. The first-order valence-corrected chi connectivity index (χ1v) is 11.2. The highest BCUT2D eigenvalue weighted by molar-refractivity contribution is 5.97. The number of aromatic nitrogens is 2. The number of benzene rings is 2. The van der Waals surface area contributed by atoms with Gasteiger partial charge in [0.05, 0.1) is 17.6 Å². The summed E-state index contributed by atoms with van der Waals surface area (Å²) < 4.78 is 6.00. The van der Waals surface area contributed by atoms with Crippen molar-refractivity contribution in [2.24, 2.45) is 0 Å². The zero-order valence-corrected chi connectivity index (χ0v) is 18.6. The Morgan fingerprint density at radius 1 is 1.13 bits per heavy atom. The summed E-state index contributed by atoms with van der Waals surface area (Å²) in [5.74, 6) is 1.85. The van der Waals surface area contributed by atoms with E-state index in [2.05, 4.69) is 33.1 Å². The SMILES string of the molecule is CN(C)C(=O)c1ccc2nc(CCCOc3cccc(CN4CCCCC4)c3)[nH]c2c1. The van der Waals surface area contributed by atoms with Gasteiger partial charge < -0.3 is 14.6 Å². The highest BCUT2D eigenvalue weighted by Gasteiger charge is 2.12. The summed E-state index contributed by atoms with van der Waals surface area (Å²) in [4.78, 5) is 24.2. The number of fused-ring (bicyclic) bond motifs is 1. The number of nitrogens with one attached hydrogen (secondary N) is 1. The Kier molecular flexibility index (Phi) is 6.87. The second kappa shape index (κ2) is 9.96. The Morgan fingerprint density at radius 2 is 1.97 bits per heavy atom. The summed E-state index contributed by atoms with van der Waals surface area (Å²) in [6.07, 6.45) is 5.66. The van der Waals surface area contributed by atoms with Gasteiger partial charge in [-0.3, -0.25) is 9.69 Å². The molecule has 2 heterocycles. The first-order valence-electron chi connectivity index (χ1n) is 11.2. The number of carbonyl (C=O) groups excluding carboxylic acids is 1. The number of aryl methyl sites for hydroxylation is 1. The Hall–Kier alpha value is -2.86. The van der Waals surface area contributed by atoms with Crippen LogP contribution in [-0.2, 0) is 13.0 Å². The number of likely N-dealkylation sites (tertiary alicyclic amines) is 1. The van der Waals surface area contributed by atoms with Crippen molar-refractivity contribution < 1.29 is 9.53 Å². The van der Waals surface area contributed by atoms with Gasteiger partial charge >= 0.3 is 0 Å². The van der Waals surface area contributed by atoms with Crippen LogP contribution in [0.15, 0.2) is 42.5 Å². The van der Waals surface area contributed by atoms with E-state index in [1.54, 1.807) is 19.0 Å². The second-order valence-corrected chi connectivity index (χ2v) is 8.55. The molecule has 6 nitrogen and oxygen atoms in total. The fourth-order valence-corrected chi connectivity index (χ4v) is 4.11. The number of amides is 1. The number of rotatable bonds is 8. The minimum absolute atomic E-state index is 0.00559. The molecule has 31 heavy (non-hydrogen) atoms. The molecule has 4 rings (SSSR count). The summed E-state index contributed by atoms with van der Waals surface area (Å²) in [6, 6.07) is 14.1. The number of ether oxygens (including phenoxy) is 1. The van der Waals surface area contributed by atoms with Crippen LogP contribution in [0.2, 0.25) is 0 Å². The minimum atomic E-state index is -0.00559. The molecule has 1 aliphatic heterocycles. The van der Waals surface area contributed by atoms with Gasteiger partial charge in [0, 0.05) is 32.6 Å². The maximum Gasteiger partial charge on any atom is 0.253 e. The second-order valence-electron chi connectivity index (χ2n) is 8.55. The smallest absolute Gasteiger partial charge is 0.253 e. The van der Waals surface area contributed by atoms with Gasteiger partial charge in [0.15, 0.2) is 0 Å². The van der Waals surface area contributed by atoms with Crippen LogP contribution in [0.4, 0.5) is 0 Å². The zero-order chi connectivity index (χ0) is 21.6. The molecule has 1 fully saturated rings. The van der Waals surface area contributed by atoms with Crippen molar-refractivity contribution in [3.63, 3.8) is 0 Å². The molecule has 0 spiro atoms. The molecule has 1 aliphatic rings. The van der Waals surface area contributed by atoms with Gasteiger partial charge in [0.1, 0.15) is 11.6 Å². The Morgan fingerprint density at radius 3 is 2.77 bits per heavy atom. The molecule has 0 atom stereocenters. The average molecular weight is 421 g/mol.